The number of carbonyl (C=O) groups is 2. The van der Waals surface area contributed by atoms with Gasteiger partial charge in [-0.1, -0.05) is 25.5 Å². The Kier molecular flexibility index (Phi) is 3.50. The largest absolute Gasteiger partial charge is 0.299 e. The molecule has 0 heterocycles. The molecule has 0 spiro atoms. The smallest absolute Gasteiger partial charge is 0.181 e. The van der Waals surface area contributed by atoms with Gasteiger partial charge in [0.25, 0.3) is 0 Å². The monoisotopic (exact) mass is 325 g/mol. The molecule has 0 saturated heterocycles. The van der Waals surface area contributed by atoms with Gasteiger partial charge >= 0.3 is 0 Å². The van der Waals surface area contributed by atoms with Gasteiger partial charge in [-0.3, -0.25) is 9.59 Å². The Morgan fingerprint density at radius 3 is 2.58 bits per heavy atom. The van der Waals surface area contributed by atoms with Crippen molar-refractivity contribution < 1.29 is 9.59 Å². The minimum Gasteiger partial charge on any atom is -0.299 e. The minimum atomic E-state index is 0.0568. The van der Waals surface area contributed by atoms with Crippen molar-refractivity contribution in [3.63, 3.8) is 0 Å². The Balaban J connectivity index is 1.70. The lowest BCUT2D eigenvalue weighted by atomic mass is 9.47. The predicted molar refractivity (Wildman–Crippen MR) is 95.2 cm³/mol. The van der Waals surface area contributed by atoms with Crippen molar-refractivity contribution in [2.45, 2.75) is 66.2 Å². The van der Waals surface area contributed by atoms with Crippen LogP contribution in [0, 0.1) is 34.5 Å². The maximum atomic E-state index is 12.1. The molecule has 1 radical (unpaired) electrons. The van der Waals surface area contributed by atoms with Gasteiger partial charge in [0.05, 0.1) is 0 Å². The number of ketones is 2. The molecule has 0 aromatic carbocycles. The van der Waals surface area contributed by atoms with Crippen molar-refractivity contribution in [3.8, 4) is 0 Å². The first-order chi connectivity index (χ1) is 11.3. The van der Waals surface area contributed by atoms with Gasteiger partial charge < -0.3 is 0 Å². The highest BCUT2D eigenvalue weighted by Gasteiger charge is 2.59. The van der Waals surface area contributed by atoms with Crippen LogP contribution in [-0.2, 0) is 9.59 Å². The summed E-state index contributed by atoms with van der Waals surface area (Å²) in [5, 5.41) is 0. The number of allylic oxidation sites excluding steroid dienone is 4. The Labute approximate surface area is 145 Å². The normalized spacial score (nSPS) is 45.0. The molecule has 0 bridgehead atoms. The van der Waals surface area contributed by atoms with Crippen molar-refractivity contribution in [1.29, 1.82) is 0 Å². The van der Waals surface area contributed by atoms with Crippen LogP contribution in [0.25, 0.3) is 0 Å². The van der Waals surface area contributed by atoms with E-state index in [1.165, 1.54) is 30.8 Å². The Bertz CT molecular complexity index is 669. The lowest BCUT2D eigenvalue weighted by Crippen LogP contribution is -2.50. The molecule has 5 atom stereocenters. The van der Waals surface area contributed by atoms with Crippen molar-refractivity contribution in [1.82, 2.24) is 0 Å². The highest BCUT2D eigenvalue weighted by atomic mass is 16.1. The second-order valence-electron chi connectivity index (χ2n) is 9.09. The highest BCUT2D eigenvalue weighted by molar-refractivity contribution is 6.05. The molecule has 4 rings (SSSR count). The molecule has 0 aromatic rings. The van der Waals surface area contributed by atoms with Gasteiger partial charge in [-0.2, -0.15) is 0 Å². The molecule has 3 fully saturated rings. The third-order valence-electron chi connectivity index (χ3n) is 8.07. The minimum absolute atomic E-state index is 0.0568. The molecule has 0 N–H and O–H groups in total. The first kappa shape index (κ1) is 16.3. The summed E-state index contributed by atoms with van der Waals surface area (Å²) in [7, 11) is 0. The molecule has 24 heavy (non-hydrogen) atoms. The molecule has 3 saturated carbocycles. The fourth-order valence-corrected chi connectivity index (χ4v) is 6.88. The SMILES string of the molecule is CC(=O)[C]1CC[C@H]2[C@@H]3CCC4=CC(=O)C(C)=C[C@]4(C)[C@H]3CC[C@]12C. The van der Waals surface area contributed by atoms with Crippen LogP contribution in [0.5, 0.6) is 0 Å². The number of fused-ring (bicyclic) bond motifs is 5. The summed E-state index contributed by atoms with van der Waals surface area (Å²) in [5.74, 6) is 3.71. The van der Waals surface area contributed by atoms with E-state index in [0.29, 0.717) is 23.5 Å². The van der Waals surface area contributed by atoms with E-state index in [2.05, 4.69) is 19.9 Å². The Hall–Kier alpha value is -1.18. The van der Waals surface area contributed by atoms with Crippen molar-refractivity contribution >= 4 is 11.6 Å². The molecule has 0 aliphatic heterocycles. The molecule has 2 nitrogen and oxygen atoms in total. The fourth-order valence-electron chi connectivity index (χ4n) is 6.88. The molecular formula is C22H29O2. The van der Waals surface area contributed by atoms with E-state index < -0.39 is 0 Å². The maximum absolute atomic E-state index is 12.1. The second-order valence-corrected chi connectivity index (χ2v) is 9.09. The molecule has 4 aliphatic rings. The zero-order chi connectivity index (χ0) is 17.3. The van der Waals surface area contributed by atoms with E-state index in [-0.39, 0.29) is 16.6 Å². The molecule has 4 aliphatic carbocycles. The summed E-state index contributed by atoms with van der Waals surface area (Å²) >= 11 is 0. The van der Waals surface area contributed by atoms with Crippen LogP contribution in [0.15, 0.2) is 23.3 Å². The van der Waals surface area contributed by atoms with Gasteiger partial charge in [0.1, 0.15) is 5.78 Å². The van der Waals surface area contributed by atoms with Crippen LogP contribution in [0.4, 0.5) is 0 Å². The molecule has 129 valence electrons. The van der Waals surface area contributed by atoms with Gasteiger partial charge in [-0.25, -0.2) is 0 Å². The van der Waals surface area contributed by atoms with Gasteiger partial charge in [0.15, 0.2) is 5.78 Å². The van der Waals surface area contributed by atoms with E-state index in [4.69, 9.17) is 0 Å². The standard InChI is InChI=1S/C22H29O2/c1-13-12-22(4)15(11-20(13)24)5-6-16-18-8-7-17(14(2)23)21(18,3)10-9-19(16)22/h11-12,16,18-19H,5-10H2,1-4H3/t16-,18-,19-,21+,22-/m0/s1. The van der Waals surface area contributed by atoms with E-state index in [1.807, 2.05) is 13.0 Å². The first-order valence-electron chi connectivity index (χ1n) is 9.59. The number of hydrogen-bond donors (Lipinski definition) is 0. The first-order valence-corrected chi connectivity index (χ1v) is 9.59. The molecule has 0 aromatic heterocycles. The topological polar surface area (TPSA) is 34.1 Å². The van der Waals surface area contributed by atoms with Crippen LogP contribution in [0.1, 0.15) is 66.2 Å². The lowest BCUT2D eigenvalue weighted by Gasteiger charge is -2.57. The Morgan fingerprint density at radius 1 is 1.12 bits per heavy atom. The quantitative estimate of drug-likeness (QED) is 0.691. The van der Waals surface area contributed by atoms with E-state index >= 15 is 0 Å². The number of carbonyl (C=O) groups excluding carboxylic acids is 2. The third kappa shape index (κ3) is 2.01. The zero-order valence-corrected chi connectivity index (χ0v) is 15.4. The van der Waals surface area contributed by atoms with Crippen LogP contribution in [0.2, 0.25) is 0 Å². The second kappa shape index (κ2) is 5.16. The van der Waals surface area contributed by atoms with Crippen LogP contribution >= 0.6 is 0 Å². The van der Waals surface area contributed by atoms with Crippen molar-refractivity contribution in [2.75, 3.05) is 0 Å². The van der Waals surface area contributed by atoms with Gasteiger partial charge in [0.2, 0.25) is 0 Å². The number of hydrogen-bond acceptors (Lipinski definition) is 2. The van der Waals surface area contributed by atoms with Crippen LogP contribution in [-0.4, -0.2) is 11.6 Å². The molecule has 0 amide bonds. The van der Waals surface area contributed by atoms with Gasteiger partial charge in [0, 0.05) is 11.3 Å². The lowest BCUT2D eigenvalue weighted by molar-refractivity contribution is -0.118. The fraction of sp³-hybridized carbons (Fsp3) is 0.682. The number of Topliss-reactive ketones (excluding diaryl/α,β-unsaturated/α-hetero) is 1. The summed E-state index contributed by atoms with van der Waals surface area (Å²) in [6.07, 6.45) is 11.0. The zero-order valence-electron chi connectivity index (χ0n) is 15.4. The average Bonchev–Trinajstić information content (AvgIpc) is 2.86. The summed E-state index contributed by atoms with van der Waals surface area (Å²) in [5.41, 5.74) is 2.46. The van der Waals surface area contributed by atoms with Crippen LogP contribution in [0.3, 0.4) is 0 Å². The van der Waals surface area contributed by atoms with E-state index in [1.54, 1.807) is 6.92 Å². The highest BCUT2D eigenvalue weighted by Crippen LogP contribution is 2.66. The maximum Gasteiger partial charge on any atom is 0.181 e. The summed E-state index contributed by atoms with van der Waals surface area (Å²) in [6.45, 7) is 8.45. The van der Waals surface area contributed by atoms with Crippen molar-refractivity contribution in [3.05, 3.63) is 29.2 Å². The van der Waals surface area contributed by atoms with E-state index in [0.717, 1.165) is 24.8 Å². The average molecular weight is 325 g/mol. The van der Waals surface area contributed by atoms with Gasteiger partial charge in [-0.15, -0.1) is 0 Å². The van der Waals surface area contributed by atoms with E-state index in [9.17, 15) is 9.59 Å². The predicted octanol–water partition coefficient (Wildman–Crippen LogP) is 4.85. The third-order valence-corrected chi connectivity index (χ3v) is 8.07. The number of rotatable bonds is 1. The Morgan fingerprint density at radius 2 is 1.88 bits per heavy atom. The summed E-state index contributed by atoms with van der Waals surface area (Å²) < 4.78 is 0. The summed E-state index contributed by atoms with van der Waals surface area (Å²) in [4.78, 5) is 24.3. The molecular weight excluding hydrogens is 296 g/mol. The van der Waals surface area contributed by atoms with Gasteiger partial charge in [-0.05, 0) is 87.2 Å². The molecule has 0 unspecified atom stereocenters. The summed E-state index contributed by atoms with van der Waals surface area (Å²) in [6, 6.07) is 0. The molecule has 2 heteroatoms. The van der Waals surface area contributed by atoms with Crippen molar-refractivity contribution in [2.24, 2.45) is 28.6 Å². The van der Waals surface area contributed by atoms with Crippen LogP contribution < -0.4 is 0 Å².